The topological polar surface area (TPSA) is 20.3 Å². The standard InChI is InChI=1S/C14H27NO/c1-14(2,3)10-6-5-9-13(16)15-11-7-4-8-12-15/h4-12H2,1-3H3. The van der Waals surface area contributed by atoms with E-state index >= 15 is 0 Å². The van der Waals surface area contributed by atoms with Crippen molar-refractivity contribution in [3.8, 4) is 0 Å². The number of hydrogen-bond donors (Lipinski definition) is 0. The lowest BCUT2D eigenvalue weighted by Crippen LogP contribution is -2.35. The van der Waals surface area contributed by atoms with Crippen LogP contribution < -0.4 is 0 Å². The van der Waals surface area contributed by atoms with Crippen LogP contribution in [0.3, 0.4) is 0 Å². The first-order valence-electron chi connectivity index (χ1n) is 6.77. The molecule has 0 atom stereocenters. The molecule has 1 rings (SSSR count). The highest BCUT2D eigenvalue weighted by Gasteiger charge is 2.16. The molecule has 16 heavy (non-hydrogen) atoms. The van der Waals surface area contributed by atoms with Crippen LogP contribution in [0.2, 0.25) is 0 Å². The Hall–Kier alpha value is -0.530. The molecule has 0 aromatic rings. The maximum absolute atomic E-state index is 11.8. The Morgan fingerprint density at radius 3 is 2.25 bits per heavy atom. The average molecular weight is 225 g/mol. The van der Waals surface area contributed by atoms with Crippen molar-refractivity contribution in [2.75, 3.05) is 13.1 Å². The first kappa shape index (κ1) is 13.5. The van der Waals surface area contributed by atoms with Crippen LogP contribution in [-0.2, 0) is 4.79 Å². The molecule has 2 nitrogen and oxygen atoms in total. The molecule has 0 unspecified atom stereocenters. The Bertz CT molecular complexity index is 211. The Balaban J connectivity index is 2.10. The molecule has 0 aromatic carbocycles. The maximum atomic E-state index is 11.8. The molecule has 1 fully saturated rings. The number of amides is 1. The number of hydrogen-bond acceptors (Lipinski definition) is 1. The number of rotatable bonds is 4. The van der Waals surface area contributed by atoms with Gasteiger partial charge in [-0.1, -0.05) is 27.2 Å². The minimum Gasteiger partial charge on any atom is -0.343 e. The summed E-state index contributed by atoms with van der Waals surface area (Å²) in [6, 6.07) is 0. The molecule has 0 saturated carbocycles. The monoisotopic (exact) mass is 225 g/mol. The van der Waals surface area contributed by atoms with Crippen LogP contribution in [0, 0.1) is 5.41 Å². The van der Waals surface area contributed by atoms with Crippen molar-refractivity contribution in [3.63, 3.8) is 0 Å². The van der Waals surface area contributed by atoms with Gasteiger partial charge in [0.15, 0.2) is 0 Å². The Morgan fingerprint density at radius 1 is 1.06 bits per heavy atom. The second-order valence-corrected chi connectivity index (χ2v) is 6.21. The lowest BCUT2D eigenvalue weighted by Gasteiger charge is -2.27. The quantitative estimate of drug-likeness (QED) is 0.669. The van der Waals surface area contributed by atoms with Gasteiger partial charge in [-0.15, -0.1) is 0 Å². The van der Waals surface area contributed by atoms with Crippen LogP contribution >= 0.6 is 0 Å². The van der Waals surface area contributed by atoms with E-state index in [9.17, 15) is 4.79 Å². The molecule has 0 spiro atoms. The number of unbranched alkanes of at least 4 members (excludes halogenated alkanes) is 1. The second kappa shape index (κ2) is 6.27. The van der Waals surface area contributed by atoms with Gasteiger partial charge >= 0.3 is 0 Å². The van der Waals surface area contributed by atoms with Gasteiger partial charge in [0.05, 0.1) is 0 Å². The Morgan fingerprint density at radius 2 is 1.69 bits per heavy atom. The van der Waals surface area contributed by atoms with Crippen molar-refractivity contribution in [1.82, 2.24) is 4.90 Å². The molecule has 0 radical (unpaired) electrons. The van der Waals surface area contributed by atoms with Crippen LogP contribution in [0.15, 0.2) is 0 Å². The van der Waals surface area contributed by atoms with E-state index < -0.39 is 0 Å². The molecule has 1 saturated heterocycles. The van der Waals surface area contributed by atoms with Gasteiger partial charge in [0.25, 0.3) is 0 Å². The Kier molecular flexibility index (Phi) is 5.30. The summed E-state index contributed by atoms with van der Waals surface area (Å²) in [7, 11) is 0. The number of likely N-dealkylation sites (tertiary alicyclic amines) is 1. The van der Waals surface area contributed by atoms with E-state index in [1.807, 2.05) is 0 Å². The lowest BCUT2D eigenvalue weighted by atomic mass is 9.89. The SMILES string of the molecule is CC(C)(C)CCCCC(=O)N1CCCCC1. The minimum atomic E-state index is 0.383. The molecule has 0 aliphatic carbocycles. The molecule has 94 valence electrons. The zero-order chi connectivity index (χ0) is 12.0. The number of piperidine rings is 1. The summed E-state index contributed by atoms with van der Waals surface area (Å²) in [6.07, 6.45) is 7.93. The summed E-state index contributed by atoms with van der Waals surface area (Å²) in [5.41, 5.74) is 0.411. The molecule has 0 bridgehead atoms. The van der Waals surface area contributed by atoms with E-state index in [0.29, 0.717) is 11.3 Å². The van der Waals surface area contributed by atoms with Crippen molar-refractivity contribution >= 4 is 5.91 Å². The van der Waals surface area contributed by atoms with Crippen molar-refractivity contribution in [1.29, 1.82) is 0 Å². The normalized spacial score (nSPS) is 17.6. The molecule has 1 heterocycles. The van der Waals surface area contributed by atoms with Crippen LogP contribution in [0.4, 0.5) is 0 Å². The molecular formula is C14H27NO. The summed E-state index contributed by atoms with van der Waals surface area (Å²) in [6.45, 7) is 8.79. The summed E-state index contributed by atoms with van der Waals surface area (Å²) < 4.78 is 0. The zero-order valence-corrected chi connectivity index (χ0v) is 11.2. The van der Waals surface area contributed by atoms with Gasteiger partial charge < -0.3 is 4.90 Å². The van der Waals surface area contributed by atoms with Crippen LogP contribution in [0.1, 0.15) is 65.7 Å². The predicted octanol–water partition coefficient (Wildman–Crippen LogP) is 3.61. The highest BCUT2D eigenvalue weighted by Crippen LogP contribution is 2.22. The third kappa shape index (κ3) is 5.53. The molecule has 2 heteroatoms. The summed E-state index contributed by atoms with van der Waals surface area (Å²) >= 11 is 0. The van der Waals surface area contributed by atoms with E-state index in [1.165, 1.54) is 32.1 Å². The molecular weight excluding hydrogens is 198 g/mol. The third-order valence-electron chi connectivity index (χ3n) is 3.28. The van der Waals surface area contributed by atoms with Crippen LogP contribution in [0.25, 0.3) is 0 Å². The number of carbonyl (C=O) groups excluding carboxylic acids is 1. The number of nitrogens with zero attached hydrogens (tertiary/aromatic N) is 1. The first-order chi connectivity index (χ1) is 7.49. The molecule has 0 aromatic heterocycles. The van der Waals surface area contributed by atoms with Crippen molar-refractivity contribution in [2.45, 2.75) is 65.7 Å². The fraction of sp³-hybridized carbons (Fsp3) is 0.929. The molecule has 1 amide bonds. The molecule has 0 N–H and O–H groups in total. The molecule has 1 aliphatic rings. The fourth-order valence-corrected chi connectivity index (χ4v) is 2.23. The summed E-state index contributed by atoms with van der Waals surface area (Å²) in [5, 5.41) is 0. The van der Waals surface area contributed by atoms with Gasteiger partial charge in [-0.3, -0.25) is 4.79 Å². The van der Waals surface area contributed by atoms with Gasteiger partial charge in [-0.2, -0.15) is 0 Å². The van der Waals surface area contributed by atoms with Crippen molar-refractivity contribution in [2.24, 2.45) is 5.41 Å². The lowest BCUT2D eigenvalue weighted by molar-refractivity contribution is -0.132. The largest absolute Gasteiger partial charge is 0.343 e. The van der Waals surface area contributed by atoms with Crippen molar-refractivity contribution in [3.05, 3.63) is 0 Å². The van der Waals surface area contributed by atoms with E-state index in [-0.39, 0.29) is 0 Å². The van der Waals surface area contributed by atoms with Crippen LogP contribution in [0.5, 0.6) is 0 Å². The van der Waals surface area contributed by atoms with Crippen LogP contribution in [-0.4, -0.2) is 23.9 Å². The minimum absolute atomic E-state index is 0.383. The fourth-order valence-electron chi connectivity index (χ4n) is 2.23. The van der Waals surface area contributed by atoms with E-state index in [4.69, 9.17) is 0 Å². The Labute approximate surface area is 100 Å². The number of carbonyl (C=O) groups is 1. The highest BCUT2D eigenvalue weighted by molar-refractivity contribution is 5.76. The van der Waals surface area contributed by atoms with E-state index in [2.05, 4.69) is 25.7 Å². The maximum Gasteiger partial charge on any atom is 0.222 e. The third-order valence-corrected chi connectivity index (χ3v) is 3.28. The van der Waals surface area contributed by atoms with Gasteiger partial charge in [-0.25, -0.2) is 0 Å². The summed E-state index contributed by atoms with van der Waals surface area (Å²) in [5.74, 6) is 0.383. The van der Waals surface area contributed by atoms with Gasteiger partial charge in [0, 0.05) is 19.5 Å². The summed E-state index contributed by atoms with van der Waals surface area (Å²) in [4.78, 5) is 13.9. The van der Waals surface area contributed by atoms with E-state index in [1.54, 1.807) is 0 Å². The first-order valence-corrected chi connectivity index (χ1v) is 6.77. The smallest absolute Gasteiger partial charge is 0.222 e. The van der Waals surface area contributed by atoms with Gasteiger partial charge in [0.2, 0.25) is 5.91 Å². The predicted molar refractivity (Wildman–Crippen MR) is 68.4 cm³/mol. The molecule has 1 aliphatic heterocycles. The van der Waals surface area contributed by atoms with E-state index in [0.717, 1.165) is 25.9 Å². The van der Waals surface area contributed by atoms with Gasteiger partial charge in [-0.05, 0) is 37.5 Å². The highest BCUT2D eigenvalue weighted by atomic mass is 16.2. The van der Waals surface area contributed by atoms with Gasteiger partial charge in [0.1, 0.15) is 0 Å². The zero-order valence-electron chi connectivity index (χ0n) is 11.2. The average Bonchev–Trinajstić information content (AvgIpc) is 2.24. The second-order valence-electron chi connectivity index (χ2n) is 6.21. The van der Waals surface area contributed by atoms with Crippen molar-refractivity contribution < 1.29 is 4.79 Å².